The van der Waals surface area contributed by atoms with Crippen LogP contribution in [0.5, 0.6) is 0 Å². The molecule has 1 rings (SSSR count). The van der Waals surface area contributed by atoms with E-state index in [0.29, 0.717) is 19.4 Å². The van der Waals surface area contributed by atoms with E-state index >= 15 is 0 Å². The first kappa shape index (κ1) is 15.5. The van der Waals surface area contributed by atoms with Crippen LogP contribution in [0, 0.1) is 11.8 Å². The summed E-state index contributed by atoms with van der Waals surface area (Å²) in [7, 11) is 3.22. The lowest BCUT2D eigenvalue weighted by molar-refractivity contribution is -0.145. The largest absolute Gasteiger partial charge is 0.481 e. The van der Waals surface area contributed by atoms with E-state index in [2.05, 4.69) is 5.32 Å². The van der Waals surface area contributed by atoms with Gasteiger partial charge < -0.3 is 15.3 Å². The molecule has 19 heavy (non-hydrogen) atoms. The minimum absolute atomic E-state index is 0.0464. The minimum Gasteiger partial charge on any atom is -0.481 e. The summed E-state index contributed by atoms with van der Waals surface area (Å²) < 4.78 is 0. The first-order valence-corrected chi connectivity index (χ1v) is 6.64. The van der Waals surface area contributed by atoms with Crippen molar-refractivity contribution >= 4 is 17.8 Å². The van der Waals surface area contributed by atoms with Crippen LogP contribution in [0.4, 0.5) is 0 Å². The fraction of sp³-hybridized carbons (Fsp3) is 0.769. The van der Waals surface area contributed by atoms with Gasteiger partial charge in [0.2, 0.25) is 11.8 Å². The molecule has 0 aromatic carbocycles. The van der Waals surface area contributed by atoms with E-state index < -0.39 is 11.9 Å². The highest BCUT2D eigenvalue weighted by Crippen LogP contribution is 2.30. The Balaban J connectivity index is 2.47. The van der Waals surface area contributed by atoms with Crippen LogP contribution in [-0.2, 0) is 14.4 Å². The van der Waals surface area contributed by atoms with Crippen LogP contribution < -0.4 is 5.32 Å². The topological polar surface area (TPSA) is 86.7 Å². The number of carbonyl (C=O) groups is 3. The van der Waals surface area contributed by atoms with Gasteiger partial charge in [0.25, 0.3) is 0 Å². The van der Waals surface area contributed by atoms with Crippen molar-refractivity contribution in [3.63, 3.8) is 0 Å². The SMILES string of the molecule is CNC(=O)CCN(C)C(=O)C1CCCC(C(=O)O)C1. The lowest BCUT2D eigenvalue weighted by Crippen LogP contribution is -2.38. The summed E-state index contributed by atoms with van der Waals surface area (Å²) in [6.45, 7) is 0.368. The van der Waals surface area contributed by atoms with E-state index in [9.17, 15) is 14.4 Å². The fourth-order valence-corrected chi connectivity index (χ4v) is 2.45. The predicted molar refractivity (Wildman–Crippen MR) is 69.4 cm³/mol. The molecular formula is C13H22N2O4. The Kier molecular flexibility index (Phi) is 5.79. The van der Waals surface area contributed by atoms with Crippen molar-refractivity contribution in [2.24, 2.45) is 11.8 Å². The van der Waals surface area contributed by atoms with Crippen molar-refractivity contribution in [3.05, 3.63) is 0 Å². The van der Waals surface area contributed by atoms with Crippen molar-refractivity contribution in [1.29, 1.82) is 0 Å². The lowest BCUT2D eigenvalue weighted by atomic mass is 9.81. The molecule has 2 N–H and O–H groups in total. The van der Waals surface area contributed by atoms with Gasteiger partial charge in [0.15, 0.2) is 0 Å². The first-order valence-electron chi connectivity index (χ1n) is 6.64. The molecule has 1 aliphatic carbocycles. The minimum atomic E-state index is -0.814. The summed E-state index contributed by atoms with van der Waals surface area (Å²) >= 11 is 0. The van der Waals surface area contributed by atoms with Gasteiger partial charge in [-0.15, -0.1) is 0 Å². The lowest BCUT2D eigenvalue weighted by Gasteiger charge is -2.29. The summed E-state index contributed by atoms with van der Waals surface area (Å²) in [5.41, 5.74) is 0. The van der Waals surface area contributed by atoms with Crippen molar-refractivity contribution in [2.45, 2.75) is 32.1 Å². The standard InChI is InChI=1S/C13H22N2O4/c1-14-11(16)6-7-15(2)12(17)9-4-3-5-10(8-9)13(18)19/h9-10H,3-8H2,1-2H3,(H,14,16)(H,18,19). The molecule has 6 heteroatoms. The molecule has 1 fully saturated rings. The summed E-state index contributed by atoms with van der Waals surface area (Å²) in [5.74, 6) is -1.59. The molecule has 1 saturated carbocycles. The second-order valence-corrected chi connectivity index (χ2v) is 5.08. The Morgan fingerprint density at radius 3 is 2.47 bits per heavy atom. The average molecular weight is 270 g/mol. The molecule has 6 nitrogen and oxygen atoms in total. The van der Waals surface area contributed by atoms with Crippen LogP contribution in [0.2, 0.25) is 0 Å². The van der Waals surface area contributed by atoms with Crippen LogP contribution in [0.3, 0.4) is 0 Å². The van der Waals surface area contributed by atoms with Crippen LogP contribution in [0.25, 0.3) is 0 Å². The van der Waals surface area contributed by atoms with E-state index in [0.717, 1.165) is 12.8 Å². The number of nitrogens with one attached hydrogen (secondary N) is 1. The Bertz CT molecular complexity index is 357. The number of carboxylic acids is 1. The van der Waals surface area contributed by atoms with Crippen molar-refractivity contribution < 1.29 is 19.5 Å². The van der Waals surface area contributed by atoms with E-state index in [-0.39, 0.29) is 24.2 Å². The van der Waals surface area contributed by atoms with E-state index in [1.54, 1.807) is 14.1 Å². The molecule has 0 aromatic rings. The van der Waals surface area contributed by atoms with Crippen LogP contribution >= 0.6 is 0 Å². The molecule has 0 bridgehead atoms. The summed E-state index contributed by atoms with van der Waals surface area (Å²) in [6, 6.07) is 0. The maximum atomic E-state index is 12.2. The van der Waals surface area contributed by atoms with Crippen molar-refractivity contribution in [1.82, 2.24) is 10.2 Å². The van der Waals surface area contributed by atoms with Crippen molar-refractivity contribution in [3.8, 4) is 0 Å². The van der Waals surface area contributed by atoms with Crippen LogP contribution in [0.15, 0.2) is 0 Å². The van der Waals surface area contributed by atoms with E-state index in [1.165, 1.54) is 4.90 Å². The average Bonchev–Trinajstić information content (AvgIpc) is 2.43. The number of carbonyl (C=O) groups excluding carboxylic acids is 2. The fourth-order valence-electron chi connectivity index (χ4n) is 2.45. The van der Waals surface area contributed by atoms with Gasteiger partial charge in [-0.3, -0.25) is 14.4 Å². The molecule has 2 atom stereocenters. The molecule has 0 aromatic heterocycles. The highest BCUT2D eigenvalue weighted by atomic mass is 16.4. The van der Waals surface area contributed by atoms with Crippen LogP contribution in [0.1, 0.15) is 32.1 Å². The number of hydrogen-bond donors (Lipinski definition) is 2. The normalized spacial score (nSPS) is 22.6. The first-order chi connectivity index (χ1) is 8.95. The molecule has 0 radical (unpaired) electrons. The van der Waals surface area contributed by atoms with Gasteiger partial charge in [-0.1, -0.05) is 6.42 Å². The highest BCUT2D eigenvalue weighted by Gasteiger charge is 2.32. The van der Waals surface area contributed by atoms with Gasteiger partial charge in [0, 0.05) is 33.0 Å². The van der Waals surface area contributed by atoms with Gasteiger partial charge in [-0.05, 0) is 19.3 Å². The Morgan fingerprint density at radius 1 is 1.26 bits per heavy atom. The smallest absolute Gasteiger partial charge is 0.306 e. The van der Waals surface area contributed by atoms with Gasteiger partial charge in [-0.2, -0.15) is 0 Å². The van der Waals surface area contributed by atoms with Crippen molar-refractivity contribution in [2.75, 3.05) is 20.6 Å². The summed E-state index contributed by atoms with van der Waals surface area (Å²) in [5, 5.41) is 11.5. The molecular weight excluding hydrogens is 248 g/mol. The zero-order chi connectivity index (χ0) is 14.4. The predicted octanol–water partition coefficient (Wildman–Crippen LogP) is 0.472. The molecule has 0 spiro atoms. The van der Waals surface area contributed by atoms with E-state index in [4.69, 9.17) is 5.11 Å². The summed E-state index contributed by atoms with van der Waals surface area (Å²) in [6.07, 6.45) is 2.86. The Morgan fingerprint density at radius 2 is 1.89 bits per heavy atom. The second-order valence-electron chi connectivity index (χ2n) is 5.08. The van der Waals surface area contributed by atoms with E-state index in [1.807, 2.05) is 0 Å². The number of amides is 2. The molecule has 2 unspecified atom stereocenters. The molecule has 0 saturated heterocycles. The number of nitrogens with zero attached hydrogens (tertiary/aromatic N) is 1. The number of carboxylic acid groups (broad SMARTS) is 1. The molecule has 2 amide bonds. The molecule has 0 heterocycles. The maximum absolute atomic E-state index is 12.2. The van der Waals surface area contributed by atoms with Crippen LogP contribution in [-0.4, -0.2) is 48.4 Å². The molecule has 108 valence electrons. The third-order valence-corrected chi connectivity index (χ3v) is 3.70. The van der Waals surface area contributed by atoms with Gasteiger partial charge in [-0.25, -0.2) is 0 Å². The Hall–Kier alpha value is -1.59. The van der Waals surface area contributed by atoms with Gasteiger partial charge in [0.05, 0.1) is 5.92 Å². The van der Waals surface area contributed by atoms with Gasteiger partial charge >= 0.3 is 5.97 Å². The molecule has 0 aliphatic heterocycles. The summed E-state index contributed by atoms with van der Waals surface area (Å²) in [4.78, 5) is 35.8. The number of aliphatic carboxylic acids is 1. The zero-order valence-electron chi connectivity index (χ0n) is 11.5. The third-order valence-electron chi connectivity index (χ3n) is 3.70. The maximum Gasteiger partial charge on any atom is 0.306 e. The monoisotopic (exact) mass is 270 g/mol. The second kappa shape index (κ2) is 7.11. The third kappa shape index (κ3) is 4.54. The quantitative estimate of drug-likeness (QED) is 0.760. The Labute approximate surface area is 113 Å². The van der Waals surface area contributed by atoms with Gasteiger partial charge in [0.1, 0.15) is 0 Å². The highest BCUT2D eigenvalue weighted by molar-refractivity contribution is 5.81. The molecule has 1 aliphatic rings. The number of rotatable bonds is 5. The number of hydrogen-bond acceptors (Lipinski definition) is 3. The zero-order valence-corrected chi connectivity index (χ0v) is 11.5.